The molecule has 1 fully saturated rings. The number of hydrogen-bond acceptors (Lipinski definition) is 3. The average molecular weight is 265 g/mol. The Balaban J connectivity index is 1.87. The molecule has 1 aliphatic heterocycles. The summed E-state index contributed by atoms with van der Waals surface area (Å²) in [6.07, 6.45) is 8.03. The van der Waals surface area contributed by atoms with Crippen LogP contribution in [0, 0.1) is 0 Å². The van der Waals surface area contributed by atoms with Crippen LogP contribution < -0.4 is 5.32 Å². The van der Waals surface area contributed by atoms with Crippen molar-refractivity contribution in [2.24, 2.45) is 0 Å². The molecule has 0 aromatic carbocycles. The molecule has 1 amide bonds. The average Bonchev–Trinajstić information content (AvgIpc) is 2.94. The standard InChI is InChI=1S/C15H27N3O/c1-3-18(13-7-4-5-8-13)15(19)12-17(2)14-9-6-10-16-11-14/h7,14,16H,3-6,8-12H2,1-2H3. The van der Waals surface area contributed by atoms with Gasteiger partial charge in [-0.15, -0.1) is 0 Å². The van der Waals surface area contributed by atoms with Gasteiger partial charge in [0.25, 0.3) is 0 Å². The SMILES string of the molecule is CCN(C(=O)CN(C)C1CCCNC1)C1=CCCC1. The van der Waals surface area contributed by atoms with Crippen molar-refractivity contribution in [1.82, 2.24) is 15.1 Å². The van der Waals surface area contributed by atoms with Crippen molar-refractivity contribution in [2.45, 2.75) is 45.1 Å². The molecule has 0 radical (unpaired) electrons. The van der Waals surface area contributed by atoms with Crippen LogP contribution in [0.3, 0.4) is 0 Å². The van der Waals surface area contributed by atoms with Gasteiger partial charge < -0.3 is 10.2 Å². The third-order valence-corrected chi connectivity index (χ3v) is 4.26. The first-order chi connectivity index (χ1) is 9.22. The Morgan fingerprint density at radius 1 is 1.47 bits per heavy atom. The van der Waals surface area contributed by atoms with Crippen LogP contribution in [0.5, 0.6) is 0 Å². The minimum Gasteiger partial charge on any atom is -0.316 e. The Kier molecular flexibility index (Phi) is 5.40. The third kappa shape index (κ3) is 3.80. The molecule has 2 rings (SSSR count). The Hall–Kier alpha value is -0.870. The molecule has 1 N–H and O–H groups in total. The molecule has 1 aliphatic carbocycles. The predicted molar refractivity (Wildman–Crippen MR) is 77.8 cm³/mol. The normalized spacial score (nSPS) is 23.5. The number of amides is 1. The second kappa shape index (κ2) is 7.06. The molecular weight excluding hydrogens is 238 g/mol. The third-order valence-electron chi connectivity index (χ3n) is 4.26. The second-order valence-electron chi connectivity index (χ2n) is 5.64. The summed E-state index contributed by atoms with van der Waals surface area (Å²) in [7, 11) is 2.08. The van der Waals surface area contributed by atoms with E-state index in [1.165, 1.54) is 25.0 Å². The fourth-order valence-corrected chi connectivity index (χ4v) is 3.08. The van der Waals surface area contributed by atoms with Gasteiger partial charge in [-0.3, -0.25) is 9.69 Å². The highest BCUT2D eigenvalue weighted by molar-refractivity contribution is 5.80. The molecule has 1 atom stereocenters. The number of likely N-dealkylation sites (N-methyl/N-ethyl adjacent to an activating group) is 2. The quantitative estimate of drug-likeness (QED) is 0.820. The largest absolute Gasteiger partial charge is 0.316 e. The molecular formula is C15H27N3O. The summed E-state index contributed by atoms with van der Waals surface area (Å²) in [5, 5.41) is 3.41. The monoisotopic (exact) mass is 265 g/mol. The molecule has 0 aromatic heterocycles. The first kappa shape index (κ1) is 14.5. The summed E-state index contributed by atoms with van der Waals surface area (Å²) >= 11 is 0. The van der Waals surface area contributed by atoms with Crippen molar-refractivity contribution in [3.8, 4) is 0 Å². The molecule has 108 valence electrons. The van der Waals surface area contributed by atoms with Crippen LogP contribution in [-0.2, 0) is 4.79 Å². The van der Waals surface area contributed by atoms with Crippen molar-refractivity contribution in [2.75, 3.05) is 33.2 Å². The number of rotatable bonds is 5. The highest BCUT2D eigenvalue weighted by atomic mass is 16.2. The lowest BCUT2D eigenvalue weighted by molar-refractivity contribution is -0.130. The van der Waals surface area contributed by atoms with Gasteiger partial charge in [-0.25, -0.2) is 0 Å². The smallest absolute Gasteiger partial charge is 0.240 e. The van der Waals surface area contributed by atoms with Crippen molar-refractivity contribution in [3.05, 3.63) is 11.8 Å². The van der Waals surface area contributed by atoms with Crippen molar-refractivity contribution < 1.29 is 4.79 Å². The number of carbonyl (C=O) groups excluding carboxylic acids is 1. The summed E-state index contributed by atoms with van der Waals surface area (Å²) in [4.78, 5) is 16.6. The zero-order chi connectivity index (χ0) is 13.7. The van der Waals surface area contributed by atoms with Gasteiger partial charge in [-0.05, 0) is 52.6 Å². The fraction of sp³-hybridized carbons (Fsp3) is 0.800. The van der Waals surface area contributed by atoms with E-state index in [2.05, 4.69) is 30.3 Å². The highest BCUT2D eigenvalue weighted by Gasteiger charge is 2.23. The van der Waals surface area contributed by atoms with E-state index in [0.29, 0.717) is 12.6 Å². The Labute approximate surface area is 116 Å². The molecule has 4 nitrogen and oxygen atoms in total. The van der Waals surface area contributed by atoms with Gasteiger partial charge in [0, 0.05) is 24.8 Å². The first-order valence-corrected chi connectivity index (χ1v) is 7.62. The molecule has 0 spiro atoms. The molecule has 1 unspecified atom stereocenters. The van der Waals surface area contributed by atoms with Crippen LogP contribution in [0.15, 0.2) is 11.8 Å². The lowest BCUT2D eigenvalue weighted by Gasteiger charge is -2.33. The number of nitrogens with one attached hydrogen (secondary N) is 1. The van der Waals surface area contributed by atoms with E-state index in [-0.39, 0.29) is 5.91 Å². The minimum atomic E-state index is 0.253. The lowest BCUT2D eigenvalue weighted by atomic mass is 10.1. The van der Waals surface area contributed by atoms with Crippen molar-refractivity contribution >= 4 is 5.91 Å². The van der Waals surface area contributed by atoms with Gasteiger partial charge in [0.15, 0.2) is 0 Å². The van der Waals surface area contributed by atoms with Crippen LogP contribution >= 0.6 is 0 Å². The van der Waals surface area contributed by atoms with Gasteiger partial charge in [-0.1, -0.05) is 6.08 Å². The zero-order valence-corrected chi connectivity index (χ0v) is 12.3. The van der Waals surface area contributed by atoms with Crippen LogP contribution in [-0.4, -0.2) is 55.0 Å². The number of piperidine rings is 1. The highest BCUT2D eigenvalue weighted by Crippen LogP contribution is 2.21. The first-order valence-electron chi connectivity index (χ1n) is 7.62. The summed E-state index contributed by atoms with van der Waals surface area (Å²) in [6, 6.07) is 0.508. The van der Waals surface area contributed by atoms with E-state index in [0.717, 1.165) is 32.5 Å². The number of allylic oxidation sites excluding steroid dienone is 2. The Morgan fingerprint density at radius 2 is 2.32 bits per heavy atom. The van der Waals surface area contributed by atoms with E-state index in [1.54, 1.807) is 0 Å². The van der Waals surface area contributed by atoms with Crippen molar-refractivity contribution in [3.63, 3.8) is 0 Å². The van der Waals surface area contributed by atoms with E-state index in [4.69, 9.17) is 0 Å². The molecule has 0 aromatic rings. The number of hydrogen-bond donors (Lipinski definition) is 1. The molecule has 1 saturated heterocycles. The van der Waals surface area contributed by atoms with Gasteiger partial charge in [0.2, 0.25) is 5.91 Å². The maximum atomic E-state index is 12.4. The minimum absolute atomic E-state index is 0.253. The van der Waals surface area contributed by atoms with E-state index >= 15 is 0 Å². The number of nitrogens with zero attached hydrogens (tertiary/aromatic N) is 2. The fourth-order valence-electron chi connectivity index (χ4n) is 3.08. The van der Waals surface area contributed by atoms with Crippen LogP contribution in [0.4, 0.5) is 0 Å². The molecule has 2 aliphatic rings. The molecule has 1 heterocycles. The van der Waals surface area contributed by atoms with Crippen LogP contribution in [0.2, 0.25) is 0 Å². The van der Waals surface area contributed by atoms with E-state index < -0.39 is 0 Å². The summed E-state index contributed by atoms with van der Waals surface area (Å²) in [6.45, 7) is 5.53. The van der Waals surface area contributed by atoms with Gasteiger partial charge in [-0.2, -0.15) is 0 Å². The van der Waals surface area contributed by atoms with Gasteiger partial charge in [0.1, 0.15) is 0 Å². The van der Waals surface area contributed by atoms with Crippen molar-refractivity contribution in [1.29, 1.82) is 0 Å². The van der Waals surface area contributed by atoms with Gasteiger partial charge in [0.05, 0.1) is 6.54 Å². The van der Waals surface area contributed by atoms with E-state index in [9.17, 15) is 4.79 Å². The van der Waals surface area contributed by atoms with Crippen LogP contribution in [0.25, 0.3) is 0 Å². The summed E-state index contributed by atoms with van der Waals surface area (Å²) in [5.74, 6) is 0.253. The maximum Gasteiger partial charge on any atom is 0.240 e. The molecule has 4 heteroatoms. The molecule has 19 heavy (non-hydrogen) atoms. The summed E-state index contributed by atoms with van der Waals surface area (Å²) in [5.41, 5.74) is 1.24. The summed E-state index contributed by atoms with van der Waals surface area (Å²) < 4.78 is 0. The maximum absolute atomic E-state index is 12.4. The molecule has 0 saturated carbocycles. The van der Waals surface area contributed by atoms with E-state index in [1.807, 2.05) is 4.90 Å². The second-order valence-corrected chi connectivity index (χ2v) is 5.64. The predicted octanol–water partition coefficient (Wildman–Crippen LogP) is 1.59. The Bertz CT molecular complexity index is 334. The van der Waals surface area contributed by atoms with Gasteiger partial charge >= 0.3 is 0 Å². The lowest BCUT2D eigenvalue weighted by Crippen LogP contribution is -2.48. The number of carbonyl (C=O) groups is 1. The molecule has 0 bridgehead atoms. The topological polar surface area (TPSA) is 35.6 Å². The zero-order valence-electron chi connectivity index (χ0n) is 12.3. The van der Waals surface area contributed by atoms with Crippen LogP contribution in [0.1, 0.15) is 39.0 Å². The Morgan fingerprint density at radius 3 is 2.89 bits per heavy atom.